The van der Waals surface area contributed by atoms with Gasteiger partial charge in [-0.3, -0.25) is 9.78 Å². The van der Waals surface area contributed by atoms with Gasteiger partial charge in [-0.25, -0.2) is 0 Å². The number of pyridine rings is 1. The van der Waals surface area contributed by atoms with E-state index in [0.29, 0.717) is 12.2 Å². The van der Waals surface area contributed by atoms with Crippen molar-refractivity contribution in [2.24, 2.45) is 0 Å². The lowest BCUT2D eigenvalue weighted by molar-refractivity contribution is 0.0276. The highest BCUT2D eigenvalue weighted by molar-refractivity contribution is 5.92. The average molecular weight is 234 g/mol. The predicted octanol–water partition coefficient (Wildman–Crippen LogP) is 1.46. The predicted molar refractivity (Wildman–Crippen MR) is 64.6 cm³/mol. The lowest BCUT2D eigenvalue weighted by Crippen LogP contribution is -2.49. The fourth-order valence-electron chi connectivity index (χ4n) is 2.35. The van der Waals surface area contributed by atoms with Crippen LogP contribution in [0.1, 0.15) is 36.7 Å². The second-order valence-electron chi connectivity index (χ2n) is 4.52. The molecule has 1 saturated heterocycles. The van der Waals surface area contributed by atoms with Crippen LogP contribution in [-0.4, -0.2) is 39.6 Å². The van der Waals surface area contributed by atoms with Gasteiger partial charge in [0.2, 0.25) is 0 Å². The molecule has 0 aromatic carbocycles. The number of aliphatic hydroxyl groups is 1. The standard InChI is InChI=1S/C13H18N2O2/c1-10(16)12-7-3-5-9-15(12)13(17)11-6-2-4-8-14-11/h2,4,6,8,10,12,16H,3,5,7,9H2,1H3. The van der Waals surface area contributed by atoms with Crippen molar-refractivity contribution in [2.45, 2.75) is 38.3 Å². The Balaban J connectivity index is 2.17. The minimum absolute atomic E-state index is 0.0711. The number of carbonyl (C=O) groups excluding carboxylic acids is 1. The Morgan fingerprint density at radius 3 is 3.00 bits per heavy atom. The molecule has 2 heterocycles. The van der Waals surface area contributed by atoms with Crippen LogP contribution in [0, 0.1) is 0 Å². The van der Waals surface area contributed by atoms with Crippen molar-refractivity contribution >= 4 is 5.91 Å². The Kier molecular flexibility index (Phi) is 3.74. The molecule has 0 saturated carbocycles. The van der Waals surface area contributed by atoms with Gasteiger partial charge in [0.05, 0.1) is 12.1 Å². The van der Waals surface area contributed by atoms with E-state index in [1.807, 2.05) is 6.07 Å². The summed E-state index contributed by atoms with van der Waals surface area (Å²) in [5, 5.41) is 9.73. The quantitative estimate of drug-likeness (QED) is 0.842. The zero-order valence-corrected chi connectivity index (χ0v) is 10.0. The number of hydrogen-bond donors (Lipinski definition) is 1. The molecule has 1 amide bonds. The van der Waals surface area contributed by atoms with E-state index in [0.717, 1.165) is 19.3 Å². The van der Waals surface area contributed by atoms with E-state index in [1.54, 1.807) is 30.2 Å². The Hall–Kier alpha value is -1.42. The number of amides is 1. The topological polar surface area (TPSA) is 53.4 Å². The van der Waals surface area contributed by atoms with E-state index in [9.17, 15) is 9.90 Å². The van der Waals surface area contributed by atoms with Gasteiger partial charge in [0.1, 0.15) is 5.69 Å². The van der Waals surface area contributed by atoms with Crippen LogP contribution < -0.4 is 0 Å². The number of aliphatic hydroxyl groups excluding tert-OH is 1. The first kappa shape index (κ1) is 12.0. The zero-order valence-electron chi connectivity index (χ0n) is 10.0. The molecule has 1 aliphatic heterocycles. The molecule has 1 aliphatic rings. The third-order valence-corrected chi connectivity index (χ3v) is 3.25. The molecule has 4 heteroatoms. The fourth-order valence-corrected chi connectivity index (χ4v) is 2.35. The van der Waals surface area contributed by atoms with Gasteiger partial charge in [-0.1, -0.05) is 6.07 Å². The van der Waals surface area contributed by atoms with Crippen molar-refractivity contribution in [1.29, 1.82) is 0 Å². The Labute approximate surface area is 101 Å². The van der Waals surface area contributed by atoms with Gasteiger partial charge in [-0.15, -0.1) is 0 Å². The molecule has 1 aromatic rings. The molecule has 2 atom stereocenters. The summed E-state index contributed by atoms with van der Waals surface area (Å²) in [6, 6.07) is 5.25. The van der Waals surface area contributed by atoms with Crippen LogP contribution in [0.15, 0.2) is 24.4 Å². The first-order valence-corrected chi connectivity index (χ1v) is 6.10. The van der Waals surface area contributed by atoms with Gasteiger partial charge in [-0.2, -0.15) is 0 Å². The smallest absolute Gasteiger partial charge is 0.272 e. The van der Waals surface area contributed by atoms with Crippen LogP contribution in [0.3, 0.4) is 0 Å². The van der Waals surface area contributed by atoms with E-state index in [-0.39, 0.29) is 11.9 Å². The number of aromatic nitrogens is 1. The van der Waals surface area contributed by atoms with Crippen LogP contribution in [0.25, 0.3) is 0 Å². The number of nitrogens with zero attached hydrogens (tertiary/aromatic N) is 2. The molecule has 0 radical (unpaired) electrons. The molecule has 0 aliphatic carbocycles. The maximum Gasteiger partial charge on any atom is 0.272 e. The van der Waals surface area contributed by atoms with Crippen LogP contribution in [-0.2, 0) is 0 Å². The molecule has 1 N–H and O–H groups in total. The Morgan fingerprint density at radius 1 is 1.53 bits per heavy atom. The maximum absolute atomic E-state index is 12.3. The van der Waals surface area contributed by atoms with Gasteiger partial charge in [-0.05, 0) is 38.3 Å². The molecule has 1 aromatic heterocycles. The number of carbonyl (C=O) groups is 1. The molecular formula is C13H18N2O2. The highest BCUT2D eigenvalue weighted by Gasteiger charge is 2.30. The molecule has 2 unspecified atom stereocenters. The third-order valence-electron chi connectivity index (χ3n) is 3.25. The van der Waals surface area contributed by atoms with Crippen molar-refractivity contribution in [2.75, 3.05) is 6.54 Å². The number of hydrogen-bond acceptors (Lipinski definition) is 3. The first-order valence-electron chi connectivity index (χ1n) is 6.10. The fraction of sp³-hybridized carbons (Fsp3) is 0.538. The second kappa shape index (κ2) is 5.27. The van der Waals surface area contributed by atoms with Gasteiger partial charge in [0.15, 0.2) is 0 Å². The van der Waals surface area contributed by atoms with E-state index in [2.05, 4.69) is 4.98 Å². The number of piperidine rings is 1. The summed E-state index contributed by atoms with van der Waals surface area (Å²) in [6.45, 7) is 2.46. The van der Waals surface area contributed by atoms with E-state index >= 15 is 0 Å². The van der Waals surface area contributed by atoms with E-state index < -0.39 is 6.10 Å². The summed E-state index contributed by atoms with van der Waals surface area (Å²) in [6.07, 6.45) is 4.08. The van der Waals surface area contributed by atoms with Crippen LogP contribution >= 0.6 is 0 Å². The van der Waals surface area contributed by atoms with Gasteiger partial charge in [0, 0.05) is 12.7 Å². The second-order valence-corrected chi connectivity index (χ2v) is 4.52. The SMILES string of the molecule is CC(O)C1CCCCN1C(=O)c1ccccn1. The molecule has 1 fully saturated rings. The van der Waals surface area contributed by atoms with Crippen molar-refractivity contribution in [3.63, 3.8) is 0 Å². The average Bonchev–Trinajstić information content (AvgIpc) is 2.39. The minimum atomic E-state index is -0.483. The molecule has 17 heavy (non-hydrogen) atoms. The first-order chi connectivity index (χ1) is 8.20. The minimum Gasteiger partial charge on any atom is -0.391 e. The summed E-state index contributed by atoms with van der Waals surface area (Å²) in [5.74, 6) is -0.0730. The van der Waals surface area contributed by atoms with E-state index in [4.69, 9.17) is 0 Å². The van der Waals surface area contributed by atoms with Gasteiger partial charge in [0.25, 0.3) is 5.91 Å². The maximum atomic E-state index is 12.3. The molecule has 0 spiro atoms. The highest BCUT2D eigenvalue weighted by atomic mass is 16.3. The van der Waals surface area contributed by atoms with E-state index in [1.165, 1.54) is 0 Å². The summed E-state index contributed by atoms with van der Waals surface area (Å²) in [7, 11) is 0. The van der Waals surface area contributed by atoms with Crippen molar-refractivity contribution in [3.8, 4) is 0 Å². The lowest BCUT2D eigenvalue weighted by Gasteiger charge is -2.37. The molecular weight excluding hydrogens is 216 g/mol. The van der Waals surface area contributed by atoms with Crippen LogP contribution in [0.5, 0.6) is 0 Å². The largest absolute Gasteiger partial charge is 0.391 e. The Morgan fingerprint density at radius 2 is 2.35 bits per heavy atom. The lowest BCUT2D eigenvalue weighted by atomic mass is 9.97. The summed E-state index contributed by atoms with van der Waals surface area (Å²) in [4.78, 5) is 18.1. The van der Waals surface area contributed by atoms with Crippen LogP contribution in [0.2, 0.25) is 0 Å². The molecule has 92 valence electrons. The van der Waals surface area contributed by atoms with Crippen molar-refractivity contribution < 1.29 is 9.90 Å². The number of likely N-dealkylation sites (tertiary alicyclic amines) is 1. The third kappa shape index (κ3) is 2.64. The van der Waals surface area contributed by atoms with Gasteiger partial charge >= 0.3 is 0 Å². The number of rotatable bonds is 2. The highest BCUT2D eigenvalue weighted by Crippen LogP contribution is 2.21. The van der Waals surface area contributed by atoms with Crippen molar-refractivity contribution in [3.05, 3.63) is 30.1 Å². The summed E-state index contributed by atoms with van der Waals surface area (Å²) in [5.41, 5.74) is 0.458. The molecule has 2 rings (SSSR count). The van der Waals surface area contributed by atoms with Crippen LogP contribution in [0.4, 0.5) is 0 Å². The molecule has 4 nitrogen and oxygen atoms in total. The van der Waals surface area contributed by atoms with Crippen molar-refractivity contribution in [1.82, 2.24) is 9.88 Å². The van der Waals surface area contributed by atoms with Gasteiger partial charge < -0.3 is 10.0 Å². The monoisotopic (exact) mass is 234 g/mol. The zero-order chi connectivity index (χ0) is 12.3. The molecule has 0 bridgehead atoms. The summed E-state index contributed by atoms with van der Waals surface area (Å²) >= 11 is 0. The normalized spacial score (nSPS) is 22.2. The Bertz CT molecular complexity index is 378. The summed E-state index contributed by atoms with van der Waals surface area (Å²) < 4.78 is 0.